The van der Waals surface area contributed by atoms with E-state index in [2.05, 4.69) is 6.07 Å². The van der Waals surface area contributed by atoms with Crippen molar-refractivity contribution < 1.29 is 14.7 Å². The zero-order chi connectivity index (χ0) is 24.9. The second kappa shape index (κ2) is 8.58. The summed E-state index contributed by atoms with van der Waals surface area (Å²) in [5.74, 6) is -1.10. The van der Waals surface area contributed by atoms with Crippen LogP contribution in [0.1, 0.15) is 40.6 Å². The molecule has 0 bridgehead atoms. The quantitative estimate of drug-likeness (QED) is 0.548. The van der Waals surface area contributed by atoms with Crippen molar-refractivity contribution in [3.63, 3.8) is 0 Å². The van der Waals surface area contributed by atoms with E-state index >= 15 is 0 Å². The molecule has 0 unspecified atom stereocenters. The summed E-state index contributed by atoms with van der Waals surface area (Å²) in [6.45, 7) is 1.60. The number of hydrogen-bond acceptors (Lipinski definition) is 9. The number of amides is 1. The monoisotopic (exact) mass is 499 g/mol. The average molecular weight is 500 g/mol. The number of amidine groups is 1. The van der Waals surface area contributed by atoms with Gasteiger partial charge < -0.3 is 5.11 Å². The van der Waals surface area contributed by atoms with Gasteiger partial charge in [0.1, 0.15) is 22.2 Å². The second-order valence-electron chi connectivity index (χ2n) is 8.02. The molecule has 2 N–H and O–H groups in total. The number of nitriles is 2. The molecule has 0 saturated carbocycles. The molecule has 35 heavy (non-hydrogen) atoms. The summed E-state index contributed by atoms with van der Waals surface area (Å²) in [5.41, 5.74) is 1.85. The van der Waals surface area contributed by atoms with Gasteiger partial charge >= 0.3 is 0 Å². The predicted molar refractivity (Wildman–Crippen MR) is 134 cm³/mol. The number of aliphatic hydroxyl groups is 1. The Labute approximate surface area is 209 Å². The van der Waals surface area contributed by atoms with E-state index in [1.807, 2.05) is 12.1 Å². The van der Waals surface area contributed by atoms with Gasteiger partial charge in [-0.15, -0.1) is 11.3 Å². The summed E-state index contributed by atoms with van der Waals surface area (Å²) in [6.07, 6.45) is 1.53. The lowest BCUT2D eigenvalue weighted by molar-refractivity contribution is -0.114. The Hall–Kier alpha value is -4.12. The lowest BCUT2D eigenvalue weighted by Crippen LogP contribution is -2.43. The highest BCUT2D eigenvalue weighted by molar-refractivity contribution is 8.06. The molecule has 3 heterocycles. The Bertz CT molecular complexity index is 1500. The molecule has 0 atom stereocenters. The lowest BCUT2D eigenvalue weighted by Gasteiger charge is -2.31. The molecule has 172 valence electrons. The van der Waals surface area contributed by atoms with E-state index in [0.717, 1.165) is 28.0 Å². The molecule has 2 aliphatic heterocycles. The molecular weight excluding hydrogens is 482 g/mol. The van der Waals surface area contributed by atoms with Crippen LogP contribution in [-0.2, 0) is 11.2 Å². The number of fused-ring (bicyclic) bond motifs is 1. The Morgan fingerprint density at radius 1 is 1.09 bits per heavy atom. The fourth-order valence-corrected chi connectivity index (χ4v) is 6.67. The third kappa shape index (κ3) is 3.38. The van der Waals surface area contributed by atoms with Crippen LogP contribution in [0.5, 0.6) is 0 Å². The maximum atomic E-state index is 14.0. The number of aliphatic hydroxyl groups excluding tert-OH is 1. The number of nitrogens with zero attached hydrogens (tertiary/aromatic N) is 4. The molecule has 5 rings (SSSR count). The van der Waals surface area contributed by atoms with Crippen molar-refractivity contribution in [2.45, 2.75) is 26.2 Å². The molecule has 8 nitrogen and oxygen atoms in total. The average Bonchev–Trinajstić information content (AvgIpc) is 3.41. The van der Waals surface area contributed by atoms with Gasteiger partial charge in [0.25, 0.3) is 5.91 Å². The molecule has 2 aromatic rings. The maximum Gasteiger partial charge on any atom is 0.267 e. The summed E-state index contributed by atoms with van der Waals surface area (Å²) in [4.78, 5) is 29.5. The topological polar surface area (TPSA) is 132 Å². The first-order chi connectivity index (χ1) is 16.9. The number of carbonyl (C=O) groups excluding carboxylic acids is 2. The third-order valence-corrected chi connectivity index (χ3v) is 8.26. The van der Waals surface area contributed by atoms with E-state index in [1.165, 1.54) is 10.3 Å². The van der Waals surface area contributed by atoms with Crippen LogP contribution in [0.15, 0.2) is 63.4 Å². The lowest BCUT2D eigenvalue weighted by atomic mass is 9.93. The normalized spacial score (nSPS) is 20.1. The zero-order valence-corrected chi connectivity index (χ0v) is 20.1. The van der Waals surface area contributed by atoms with E-state index < -0.39 is 5.91 Å². The number of para-hydroxylation sites is 1. The van der Waals surface area contributed by atoms with Crippen LogP contribution in [-0.4, -0.2) is 22.6 Å². The molecule has 1 aromatic heterocycles. The highest BCUT2D eigenvalue weighted by atomic mass is 32.2. The molecule has 10 heteroatoms. The van der Waals surface area contributed by atoms with Crippen molar-refractivity contribution in [2.75, 3.05) is 9.80 Å². The minimum Gasteiger partial charge on any atom is -0.494 e. The van der Waals surface area contributed by atoms with Gasteiger partial charge in [0.2, 0.25) is 5.88 Å². The number of carbonyl (C=O) groups is 2. The zero-order valence-electron chi connectivity index (χ0n) is 18.5. The number of anilines is 2. The second-order valence-corrected chi connectivity index (χ2v) is 9.88. The van der Waals surface area contributed by atoms with Crippen LogP contribution < -0.4 is 9.80 Å². The molecule has 0 saturated heterocycles. The highest BCUT2D eigenvalue weighted by Crippen LogP contribution is 2.46. The SMILES string of the molecule is CC1=C(C#N)C(=N)N(c2sc3c(c2C#N)CCCC3=O)C(=O)/C1=C1/SC=C(O)N1c1ccccc1. The molecule has 3 aliphatic rings. The van der Waals surface area contributed by atoms with Gasteiger partial charge in [0.15, 0.2) is 11.6 Å². The number of nitrogens with one attached hydrogen (secondary N) is 1. The number of ketones is 1. The highest BCUT2D eigenvalue weighted by Gasteiger charge is 2.42. The van der Waals surface area contributed by atoms with Gasteiger partial charge in [-0.3, -0.25) is 19.9 Å². The fraction of sp³-hybridized carbons (Fsp3) is 0.160. The summed E-state index contributed by atoms with van der Waals surface area (Å²) in [5, 5.41) is 41.2. The van der Waals surface area contributed by atoms with Crippen molar-refractivity contribution in [3.8, 4) is 12.1 Å². The molecule has 0 spiro atoms. The molecular formula is C25H17N5O3S2. The van der Waals surface area contributed by atoms with Crippen LogP contribution >= 0.6 is 23.1 Å². The van der Waals surface area contributed by atoms with Crippen LogP contribution in [0.3, 0.4) is 0 Å². The van der Waals surface area contributed by atoms with E-state index in [0.29, 0.717) is 46.0 Å². The van der Waals surface area contributed by atoms with Crippen LogP contribution in [0.25, 0.3) is 0 Å². The fourth-order valence-electron chi connectivity index (χ4n) is 4.41. The molecule has 1 amide bonds. The molecule has 1 aromatic carbocycles. The minimum absolute atomic E-state index is 0.0197. The van der Waals surface area contributed by atoms with Crippen molar-refractivity contribution in [1.29, 1.82) is 15.9 Å². The van der Waals surface area contributed by atoms with Crippen LogP contribution in [0.2, 0.25) is 0 Å². The van der Waals surface area contributed by atoms with Crippen molar-refractivity contribution >= 4 is 51.3 Å². The first kappa shape index (κ1) is 22.7. The number of hydrogen-bond donors (Lipinski definition) is 2. The Morgan fingerprint density at radius 2 is 1.83 bits per heavy atom. The smallest absolute Gasteiger partial charge is 0.267 e. The summed E-state index contributed by atoms with van der Waals surface area (Å²) in [7, 11) is 0. The Morgan fingerprint density at radius 3 is 2.51 bits per heavy atom. The molecule has 1 aliphatic carbocycles. The van der Waals surface area contributed by atoms with Crippen molar-refractivity contribution in [2.24, 2.45) is 0 Å². The third-order valence-electron chi connectivity index (χ3n) is 6.06. The molecule has 0 fully saturated rings. The van der Waals surface area contributed by atoms with Crippen molar-refractivity contribution in [1.82, 2.24) is 0 Å². The van der Waals surface area contributed by atoms with E-state index in [9.17, 15) is 25.2 Å². The van der Waals surface area contributed by atoms with Crippen molar-refractivity contribution in [3.05, 3.63) is 79.4 Å². The number of thiophene rings is 1. The van der Waals surface area contributed by atoms with Crippen LogP contribution in [0, 0.1) is 28.1 Å². The summed E-state index contributed by atoms with van der Waals surface area (Å²) < 4.78 is 0. The van der Waals surface area contributed by atoms with E-state index in [4.69, 9.17) is 5.41 Å². The van der Waals surface area contributed by atoms with Gasteiger partial charge in [0, 0.05) is 17.5 Å². The number of Topliss-reactive ketones (excluding diaryl/α,β-unsaturated/α-hetero) is 1. The number of thioether (sulfide) groups is 1. The minimum atomic E-state index is -0.597. The van der Waals surface area contributed by atoms with Gasteiger partial charge in [-0.2, -0.15) is 10.5 Å². The summed E-state index contributed by atoms with van der Waals surface area (Å²) in [6, 6.07) is 13.1. The Balaban J connectivity index is 1.73. The first-order valence-corrected chi connectivity index (χ1v) is 12.4. The maximum absolute atomic E-state index is 14.0. The van der Waals surface area contributed by atoms with E-state index in [1.54, 1.807) is 31.2 Å². The number of benzene rings is 1. The summed E-state index contributed by atoms with van der Waals surface area (Å²) >= 11 is 2.15. The largest absolute Gasteiger partial charge is 0.494 e. The molecule has 0 radical (unpaired) electrons. The van der Waals surface area contributed by atoms with E-state index in [-0.39, 0.29) is 39.2 Å². The van der Waals surface area contributed by atoms with Crippen LogP contribution in [0.4, 0.5) is 10.7 Å². The number of rotatable bonds is 2. The van der Waals surface area contributed by atoms with Gasteiger partial charge in [0.05, 0.1) is 21.6 Å². The first-order valence-electron chi connectivity index (χ1n) is 10.7. The van der Waals surface area contributed by atoms with Gasteiger partial charge in [-0.25, -0.2) is 4.90 Å². The van der Waals surface area contributed by atoms with Gasteiger partial charge in [-0.05, 0) is 43.0 Å². The Kier molecular flexibility index (Phi) is 5.56. The van der Waals surface area contributed by atoms with Gasteiger partial charge in [-0.1, -0.05) is 30.0 Å². The standard InChI is InChI=1S/C25H17N5O3S2/c1-13-16(10-26)22(28)30(24-17(11-27)15-8-5-9-18(31)21(15)35-24)23(33)20(13)25-29(19(32)12-34-25)14-6-3-2-4-7-14/h2-4,6-7,12,28,32H,5,8-9H2,1H3/b25-20+,28-22?. The predicted octanol–water partition coefficient (Wildman–Crippen LogP) is 5.12.